The Morgan fingerprint density at radius 2 is 0.943 bits per heavy atom. The zero-order valence-electron chi connectivity index (χ0n) is 28.7. The maximum Gasteiger partial charge on any atom is 0.159 e. The number of benzene rings is 9. The van der Waals surface area contributed by atoms with Gasteiger partial charge in [0, 0.05) is 32.9 Å². The first-order valence-corrected chi connectivity index (χ1v) is 18.0. The summed E-state index contributed by atoms with van der Waals surface area (Å²) in [5.74, 6) is 0. The Morgan fingerprint density at radius 3 is 1.79 bits per heavy atom. The minimum atomic E-state index is 0.856. The third-order valence-corrected chi connectivity index (χ3v) is 10.6. The molecule has 11 aromatic rings. The fraction of sp³-hybridized carbons (Fsp3) is 0. The lowest BCUT2D eigenvalue weighted by Crippen LogP contribution is -2.10. The SMILES string of the molecule is c1ccc(-c2cc(N(c3ccc4ccc5ccccc5c4c3)c3cccc4c3oc3ccccc34)ccc2-c2ccc3oc4ccccc4c3c2)cc1. The molecular formula is C50H31NO2. The summed E-state index contributed by atoms with van der Waals surface area (Å²) in [5, 5.41) is 9.31. The molecule has 0 saturated carbocycles. The molecule has 0 amide bonds. The van der Waals surface area contributed by atoms with Crippen molar-refractivity contribution in [2.45, 2.75) is 0 Å². The second-order valence-electron chi connectivity index (χ2n) is 13.7. The molecule has 0 aliphatic rings. The van der Waals surface area contributed by atoms with Crippen LogP contribution >= 0.6 is 0 Å². The van der Waals surface area contributed by atoms with Crippen LogP contribution in [0.4, 0.5) is 17.1 Å². The number of hydrogen-bond donors (Lipinski definition) is 0. The molecule has 2 aromatic heterocycles. The average molecular weight is 678 g/mol. The van der Waals surface area contributed by atoms with Crippen LogP contribution in [-0.2, 0) is 0 Å². The van der Waals surface area contributed by atoms with E-state index in [2.05, 4.69) is 169 Å². The molecule has 2 heterocycles. The fourth-order valence-corrected chi connectivity index (χ4v) is 8.14. The number of fused-ring (bicyclic) bond motifs is 9. The van der Waals surface area contributed by atoms with Crippen LogP contribution < -0.4 is 4.90 Å². The summed E-state index contributed by atoms with van der Waals surface area (Å²) in [5.41, 5.74) is 11.2. The van der Waals surface area contributed by atoms with Crippen molar-refractivity contribution in [3.8, 4) is 22.3 Å². The van der Waals surface area contributed by atoms with Gasteiger partial charge in [0.25, 0.3) is 0 Å². The smallest absolute Gasteiger partial charge is 0.159 e. The summed E-state index contributed by atoms with van der Waals surface area (Å²) in [6.07, 6.45) is 0. The van der Waals surface area contributed by atoms with E-state index in [1.807, 2.05) is 24.3 Å². The first-order chi connectivity index (χ1) is 26.3. The van der Waals surface area contributed by atoms with E-state index in [1.54, 1.807) is 0 Å². The van der Waals surface area contributed by atoms with Crippen molar-refractivity contribution in [3.05, 3.63) is 188 Å². The van der Waals surface area contributed by atoms with E-state index in [4.69, 9.17) is 8.83 Å². The highest BCUT2D eigenvalue weighted by atomic mass is 16.3. The van der Waals surface area contributed by atoms with E-state index in [0.717, 1.165) is 83.2 Å². The Labute approximate surface area is 305 Å². The predicted molar refractivity (Wildman–Crippen MR) is 222 cm³/mol. The standard InChI is InChI=1S/C50H31NO2/c1-2-11-32(12-3-1)43-31-37(26-27-39(43)35-24-28-49-45(29-35)41-16-7-8-19-47(41)52-49)51(46-18-10-17-42-40-15-6-9-20-48(40)53-50(42)46)36-25-23-34-22-21-33-13-4-5-14-38(33)44(34)30-36/h1-31H. The normalized spacial score (nSPS) is 11.8. The molecule has 0 aliphatic carbocycles. The van der Waals surface area contributed by atoms with Crippen molar-refractivity contribution in [1.29, 1.82) is 0 Å². The number of para-hydroxylation sites is 3. The molecule has 0 saturated heterocycles. The Balaban J connectivity index is 1.18. The van der Waals surface area contributed by atoms with Crippen LogP contribution in [-0.4, -0.2) is 0 Å². The van der Waals surface area contributed by atoms with Crippen LogP contribution in [0.25, 0.3) is 87.7 Å². The van der Waals surface area contributed by atoms with E-state index >= 15 is 0 Å². The van der Waals surface area contributed by atoms with Gasteiger partial charge in [0.05, 0.1) is 5.69 Å². The first-order valence-electron chi connectivity index (χ1n) is 18.0. The van der Waals surface area contributed by atoms with E-state index < -0.39 is 0 Å². The lowest BCUT2D eigenvalue weighted by atomic mass is 9.92. The van der Waals surface area contributed by atoms with Crippen LogP contribution in [0, 0.1) is 0 Å². The maximum absolute atomic E-state index is 6.69. The van der Waals surface area contributed by atoms with E-state index in [1.165, 1.54) is 21.5 Å². The summed E-state index contributed by atoms with van der Waals surface area (Å²) < 4.78 is 12.9. The molecule has 0 fully saturated rings. The first kappa shape index (κ1) is 29.6. The van der Waals surface area contributed by atoms with Crippen LogP contribution in [0.15, 0.2) is 197 Å². The van der Waals surface area contributed by atoms with Gasteiger partial charge >= 0.3 is 0 Å². The molecule has 0 aliphatic heterocycles. The van der Waals surface area contributed by atoms with Crippen molar-refractivity contribution in [2.75, 3.05) is 4.90 Å². The van der Waals surface area contributed by atoms with Crippen molar-refractivity contribution >= 4 is 82.5 Å². The molecule has 3 heteroatoms. The van der Waals surface area contributed by atoms with Crippen molar-refractivity contribution in [3.63, 3.8) is 0 Å². The third-order valence-electron chi connectivity index (χ3n) is 10.6. The van der Waals surface area contributed by atoms with Crippen LogP contribution in [0.5, 0.6) is 0 Å². The Hall–Kier alpha value is -7.10. The molecule has 0 atom stereocenters. The number of hydrogen-bond acceptors (Lipinski definition) is 3. The highest BCUT2D eigenvalue weighted by Crippen LogP contribution is 2.46. The van der Waals surface area contributed by atoms with Gasteiger partial charge in [-0.15, -0.1) is 0 Å². The van der Waals surface area contributed by atoms with Crippen LogP contribution in [0.1, 0.15) is 0 Å². The summed E-state index contributed by atoms with van der Waals surface area (Å²) in [7, 11) is 0. The Morgan fingerprint density at radius 1 is 0.321 bits per heavy atom. The summed E-state index contributed by atoms with van der Waals surface area (Å²) in [4.78, 5) is 2.36. The Bertz CT molecular complexity index is 3190. The third kappa shape index (κ3) is 4.75. The summed E-state index contributed by atoms with van der Waals surface area (Å²) in [6.45, 7) is 0. The molecule has 53 heavy (non-hydrogen) atoms. The van der Waals surface area contributed by atoms with Crippen molar-refractivity contribution in [1.82, 2.24) is 0 Å². The van der Waals surface area contributed by atoms with Gasteiger partial charge in [0.2, 0.25) is 0 Å². The highest BCUT2D eigenvalue weighted by Gasteiger charge is 2.22. The lowest BCUT2D eigenvalue weighted by molar-refractivity contribution is 0.668. The minimum absolute atomic E-state index is 0.856. The molecule has 9 aromatic carbocycles. The number of nitrogens with zero attached hydrogens (tertiary/aromatic N) is 1. The average Bonchev–Trinajstić information content (AvgIpc) is 3.80. The summed E-state index contributed by atoms with van der Waals surface area (Å²) in [6, 6.07) is 66.9. The van der Waals surface area contributed by atoms with Gasteiger partial charge in [0.15, 0.2) is 5.58 Å². The van der Waals surface area contributed by atoms with Crippen molar-refractivity contribution < 1.29 is 8.83 Å². The predicted octanol–water partition coefficient (Wildman–Crippen LogP) is 14.6. The number of anilines is 3. The van der Waals surface area contributed by atoms with Gasteiger partial charge in [-0.2, -0.15) is 0 Å². The second-order valence-corrected chi connectivity index (χ2v) is 13.7. The zero-order chi connectivity index (χ0) is 34.9. The fourth-order valence-electron chi connectivity index (χ4n) is 8.14. The van der Waals surface area contributed by atoms with Crippen LogP contribution in [0.2, 0.25) is 0 Å². The molecule has 248 valence electrons. The molecular weight excluding hydrogens is 647 g/mol. The summed E-state index contributed by atoms with van der Waals surface area (Å²) >= 11 is 0. The van der Waals surface area contributed by atoms with E-state index in [-0.39, 0.29) is 0 Å². The number of rotatable bonds is 5. The minimum Gasteiger partial charge on any atom is -0.456 e. The molecule has 3 nitrogen and oxygen atoms in total. The zero-order valence-corrected chi connectivity index (χ0v) is 28.7. The largest absolute Gasteiger partial charge is 0.456 e. The molecule has 0 spiro atoms. The monoisotopic (exact) mass is 677 g/mol. The molecule has 0 radical (unpaired) electrons. The van der Waals surface area contributed by atoms with Gasteiger partial charge in [-0.1, -0.05) is 133 Å². The topological polar surface area (TPSA) is 29.5 Å². The molecule has 11 rings (SSSR count). The highest BCUT2D eigenvalue weighted by molar-refractivity contribution is 6.12. The van der Waals surface area contributed by atoms with Gasteiger partial charge in [-0.05, 0) is 98.4 Å². The van der Waals surface area contributed by atoms with Gasteiger partial charge in [-0.25, -0.2) is 0 Å². The van der Waals surface area contributed by atoms with Gasteiger partial charge < -0.3 is 13.7 Å². The maximum atomic E-state index is 6.69. The van der Waals surface area contributed by atoms with Gasteiger partial charge in [0.1, 0.15) is 16.7 Å². The van der Waals surface area contributed by atoms with Crippen LogP contribution in [0.3, 0.4) is 0 Å². The van der Waals surface area contributed by atoms with E-state index in [0.29, 0.717) is 0 Å². The quantitative estimate of drug-likeness (QED) is 0.170. The number of furan rings is 2. The molecule has 0 unspecified atom stereocenters. The van der Waals surface area contributed by atoms with E-state index in [9.17, 15) is 0 Å². The lowest BCUT2D eigenvalue weighted by Gasteiger charge is -2.27. The Kier molecular flexibility index (Phi) is 6.55. The molecule has 0 bridgehead atoms. The molecule has 0 N–H and O–H groups in total. The second kappa shape index (κ2) is 11.7. The van der Waals surface area contributed by atoms with Crippen molar-refractivity contribution in [2.24, 2.45) is 0 Å². The van der Waals surface area contributed by atoms with Gasteiger partial charge in [-0.3, -0.25) is 0 Å².